The summed E-state index contributed by atoms with van der Waals surface area (Å²) in [5.41, 5.74) is 1.09. The van der Waals surface area contributed by atoms with Crippen LogP contribution in [0, 0.1) is 0 Å². The third-order valence-electron chi connectivity index (χ3n) is 4.79. The number of benzene rings is 1. The maximum absolute atomic E-state index is 5.81. The van der Waals surface area contributed by atoms with Gasteiger partial charge in [0.25, 0.3) is 0 Å². The molecule has 1 fully saturated rings. The van der Waals surface area contributed by atoms with Crippen LogP contribution < -0.4 is 10.1 Å². The lowest BCUT2D eigenvalue weighted by Crippen LogP contribution is -2.52. The Kier molecular flexibility index (Phi) is 10.2. The van der Waals surface area contributed by atoms with Gasteiger partial charge in [-0.25, -0.2) is 4.98 Å². The molecule has 0 bridgehead atoms. The highest BCUT2D eigenvalue weighted by molar-refractivity contribution is 14.0. The van der Waals surface area contributed by atoms with E-state index in [4.69, 9.17) is 9.72 Å². The van der Waals surface area contributed by atoms with E-state index in [1.165, 1.54) is 5.01 Å². The molecule has 0 spiro atoms. The summed E-state index contributed by atoms with van der Waals surface area (Å²) in [4.78, 5) is 13.9. The van der Waals surface area contributed by atoms with Crippen molar-refractivity contribution in [2.45, 2.75) is 26.3 Å². The van der Waals surface area contributed by atoms with Crippen LogP contribution in [-0.2, 0) is 6.54 Å². The SMILES string of the molecule is CN=C(NCc1csc(C(C)C)n1)N1CCN(CCOc2ccccc2)CC1.I. The smallest absolute Gasteiger partial charge is 0.194 e. The molecule has 1 aliphatic rings. The minimum atomic E-state index is 0. The largest absolute Gasteiger partial charge is 0.492 e. The Morgan fingerprint density at radius 1 is 1.21 bits per heavy atom. The van der Waals surface area contributed by atoms with E-state index in [1.807, 2.05) is 37.4 Å². The van der Waals surface area contributed by atoms with E-state index in [2.05, 4.69) is 39.3 Å². The van der Waals surface area contributed by atoms with Crippen molar-refractivity contribution in [3.05, 3.63) is 46.4 Å². The van der Waals surface area contributed by atoms with Crippen molar-refractivity contribution in [1.82, 2.24) is 20.1 Å². The van der Waals surface area contributed by atoms with Crippen LogP contribution in [0.4, 0.5) is 0 Å². The number of guanidine groups is 1. The molecule has 0 radical (unpaired) electrons. The van der Waals surface area contributed by atoms with Crippen molar-refractivity contribution in [2.24, 2.45) is 4.99 Å². The molecule has 0 saturated carbocycles. The predicted octanol–water partition coefficient (Wildman–Crippen LogP) is 3.66. The molecule has 2 aromatic rings. The Morgan fingerprint density at radius 3 is 2.55 bits per heavy atom. The topological polar surface area (TPSA) is 53.0 Å². The third-order valence-corrected chi connectivity index (χ3v) is 5.99. The minimum absolute atomic E-state index is 0. The molecule has 1 aromatic carbocycles. The lowest BCUT2D eigenvalue weighted by Gasteiger charge is -2.36. The molecule has 3 rings (SSSR count). The normalized spacial score (nSPS) is 15.3. The van der Waals surface area contributed by atoms with Gasteiger partial charge in [0.05, 0.1) is 17.2 Å². The monoisotopic (exact) mass is 529 g/mol. The quantitative estimate of drug-likeness (QED) is 0.337. The summed E-state index contributed by atoms with van der Waals surface area (Å²) in [7, 11) is 1.85. The number of nitrogens with one attached hydrogen (secondary N) is 1. The molecule has 8 heteroatoms. The molecule has 0 amide bonds. The number of para-hydroxylation sites is 1. The highest BCUT2D eigenvalue weighted by Gasteiger charge is 2.19. The number of aliphatic imine (C=N–C) groups is 1. The zero-order chi connectivity index (χ0) is 19.8. The van der Waals surface area contributed by atoms with Crippen molar-refractivity contribution in [2.75, 3.05) is 46.4 Å². The summed E-state index contributed by atoms with van der Waals surface area (Å²) in [6.07, 6.45) is 0. The second-order valence-electron chi connectivity index (χ2n) is 7.22. The van der Waals surface area contributed by atoms with E-state index in [-0.39, 0.29) is 24.0 Å². The molecule has 0 unspecified atom stereocenters. The Morgan fingerprint density at radius 2 is 1.93 bits per heavy atom. The summed E-state index contributed by atoms with van der Waals surface area (Å²) in [6.45, 7) is 10.7. The molecule has 1 aliphatic heterocycles. The first kappa shape index (κ1) is 23.9. The van der Waals surface area contributed by atoms with Crippen LogP contribution in [-0.4, -0.2) is 67.1 Å². The molecular formula is C21H32IN5OS. The summed E-state index contributed by atoms with van der Waals surface area (Å²) < 4.78 is 5.81. The van der Waals surface area contributed by atoms with Gasteiger partial charge in [-0.05, 0) is 12.1 Å². The van der Waals surface area contributed by atoms with E-state index < -0.39 is 0 Å². The van der Waals surface area contributed by atoms with Gasteiger partial charge in [-0.2, -0.15) is 0 Å². The van der Waals surface area contributed by atoms with Crippen molar-refractivity contribution in [3.63, 3.8) is 0 Å². The van der Waals surface area contributed by atoms with E-state index in [0.29, 0.717) is 5.92 Å². The van der Waals surface area contributed by atoms with Gasteiger partial charge in [0, 0.05) is 51.1 Å². The number of ether oxygens (including phenoxy) is 1. The molecule has 2 heterocycles. The molecule has 0 atom stereocenters. The molecular weight excluding hydrogens is 497 g/mol. The van der Waals surface area contributed by atoms with E-state index in [0.717, 1.165) is 63.3 Å². The zero-order valence-electron chi connectivity index (χ0n) is 17.5. The maximum atomic E-state index is 5.81. The first-order valence-corrected chi connectivity index (χ1v) is 10.8. The van der Waals surface area contributed by atoms with Crippen LogP contribution in [0.2, 0.25) is 0 Å². The van der Waals surface area contributed by atoms with E-state index in [1.54, 1.807) is 11.3 Å². The van der Waals surface area contributed by atoms with E-state index >= 15 is 0 Å². The summed E-state index contributed by atoms with van der Waals surface area (Å²) in [6, 6.07) is 10.0. The highest BCUT2D eigenvalue weighted by Crippen LogP contribution is 2.19. The molecule has 6 nitrogen and oxygen atoms in total. The second-order valence-corrected chi connectivity index (χ2v) is 8.11. The van der Waals surface area contributed by atoms with Crippen LogP contribution in [0.25, 0.3) is 0 Å². The van der Waals surface area contributed by atoms with Gasteiger partial charge in [-0.1, -0.05) is 32.0 Å². The Labute approximate surface area is 195 Å². The number of hydrogen-bond acceptors (Lipinski definition) is 5. The number of halogens is 1. The van der Waals surface area contributed by atoms with Gasteiger partial charge < -0.3 is 15.0 Å². The fourth-order valence-electron chi connectivity index (χ4n) is 3.16. The first-order chi connectivity index (χ1) is 13.7. The zero-order valence-corrected chi connectivity index (χ0v) is 20.7. The predicted molar refractivity (Wildman–Crippen MR) is 132 cm³/mol. The number of aromatic nitrogens is 1. The molecule has 1 N–H and O–H groups in total. The van der Waals surface area contributed by atoms with Gasteiger partial charge in [-0.3, -0.25) is 9.89 Å². The van der Waals surface area contributed by atoms with Gasteiger partial charge in [0.1, 0.15) is 12.4 Å². The minimum Gasteiger partial charge on any atom is -0.492 e. The average Bonchev–Trinajstić information content (AvgIpc) is 3.20. The number of thiazole rings is 1. The molecule has 1 aromatic heterocycles. The highest BCUT2D eigenvalue weighted by atomic mass is 127. The lowest BCUT2D eigenvalue weighted by molar-refractivity contribution is 0.152. The van der Waals surface area contributed by atoms with E-state index in [9.17, 15) is 0 Å². The summed E-state index contributed by atoms with van der Waals surface area (Å²) in [5.74, 6) is 2.38. The maximum Gasteiger partial charge on any atom is 0.194 e. The molecule has 1 saturated heterocycles. The van der Waals surface area contributed by atoms with Crippen molar-refractivity contribution in [3.8, 4) is 5.75 Å². The average molecular weight is 529 g/mol. The third kappa shape index (κ3) is 7.42. The summed E-state index contributed by atoms with van der Waals surface area (Å²) in [5, 5.41) is 6.80. The van der Waals surface area contributed by atoms with Crippen LogP contribution in [0.5, 0.6) is 5.75 Å². The molecule has 29 heavy (non-hydrogen) atoms. The van der Waals surface area contributed by atoms with Crippen molar-refractivity contribution >= 4 is 41.3 Å². The summed E-state index contributed by atoms with van der Waals surface area (Å²) >= 11 is 1.74. The van der Waals surface area contributed by atoms with Gasteiger partial charge in [-0.15, -0.1) is 35.3 Å². The fraction of sp³-hybridized carbons (Fsp3) is 0.524. The Bertz CT molecular complexity index is 745. The number of hydrogen-bond donors (Lipinski definition) is 1. The molecule has 0 aliphatic carbocycles. The van der Waals surface area contributed by atoms with Gasteiger partial charge in [0.15, 0.2) is 5.96 Å². The Hall–Kier alpha value is -1.39. The standard InChI is InChI=1S/C21H31N5OS.HI/c1-17(2)20-24-18(16-28-20)15-23-21(22-3)26-11-9-25(10-12-26)13-14-27-19-7-5-4-6-8-19;/h4-8,16-17H,9-15H2,1-3H3,(H,22,23);1H. The molecule has 160 valence electrons. The van der Waals surface area contributed by atoms with Crippen LogP contribution >= 0.6 is 35.3 Å². The van der Waals surface area contributed by atoms with Gasteiger partial charge in [0.2, 0.25) is 0 Å². The van der Waals surface area contributed by atoms with Crippen LogP contribution in [0.1, 0.15) is 30.5 Å². The fourth-order valence-corrected chi connectivity index (χ4v) is 4.00. The lowest BCUT2D eigenvalue weighted by atomic mass is 10.2. The van der Waals surface area contributed by atoms with Crippen molar-refractivity contribution < 1.29 is 4.74 Å². The van der Waals surface area contributed by atoms with Gasteiger partial charge >= 0.3 is 0 Å². The number of nitrogens with zero attached hydrogens (tertiary/aromatic N) is 4. The first-order valence-electron chi connectivity index (χ1n) is 9.96. The second kappa shape index (κ2) is 12.3. The van der Waals surface area contributed by atoms with Crippen LogP contribution in [0.3, 0.4) is 0 Å². The van der Waals surface area contributed by atoms with Crippen LogP contribution in [0.15, 0.2) is 40.7 Å². The van der Waals surface area contributed by atoms with Crippen molar-refractivity contribution in [1.29, 1.82) is 0 Å². The number of rotatable bonds is 7. The number of piperazine rings is 1. The Balaban J connectivity index is 0.00000300.